The molecule has 0 aliphatic rings. The van der Waals surface area contributed by atoms with Crippen molar-refractivity contribution in [3.05, 3.63) is 42.4 Å². The van der Waals surface area contributed by atoms with Crippen LogP contribution in [-0.4, -0.2) is 45.2 Å². The smallest absolute Gasteiger partial charge is 0.366 e. The lowest BCUT2D eigenvalue weighted by atomic mass is 10.3. The van der Waals surface area contributed by atoms with Crippen LogP contribution in [0.1, 0.15) is 10.4 Å². The SMILES string of the molecule is NC(=O)c1cccnc1.O=P(O)(O)c1ccnc(P(=O)(O)O)c1P(=O)(O)O. The van der Waals surface area contributed by atoms with Gasteiger partial charge in [-0.2, -0.15) is 0 Å². The van der Waals surface area contributed by atoms with E-state index in [0.717, 1.165) is 0 Å². The number of carbonyl (C=O) groups is 1. The van der Waals surface area contributed by atoms with Crippen molar-refractivity contribution in [2.45, 2.75) is 0 Å². The highest BCUT2D eigenvalue weighted by molar-refractivity contribution is 7.70. The topological polar surface area (TPSA) is 241 Å². The van der Waals surface area contributed by atoms with E-state index in [1.807, 2.05) is 0 Å². The highest BCUT2D eigenvalue weighted by atomic mass is 31.2. The maximum atomic E-state index is 11.1. The molecule has 0 aliphatic heterocycles. The molecule has 0 saturated carbocycles. The lowest BCUT2D eigenvalue weighted by Gasteiger charge is -2.15. The average molecular weight is 441 g/mol. The zero-order valence-corrected chi connectivity index (χ0v) is 15.8. The molecule has 2 aromatic rings. The van der Waals surface area contributed by atoms with Crippen molar-refractivity contribution in [2.75, 3.05) is 0 Å². The van der Waals surface area contributed by atoms with E-state index >= 15 is 0 Å². The van der Waals surface area contributed by atoms with Gasteiger partial charge in [-0.15, -0.1) is 0 Å². The van der Waals surface area contributed by atoms with E-state index in [-0.39, 0.29) is 0 Å². The van der Waals surface area contributed by atoms with Crippen LogP contribution >= 0.6 is 22.8 Å². The summed E-state index contributed by atoms with van der Waals surface area (Å²) in [7, 11) is -15.7. The minimum absolute atomic E-state index is 0.442. The number of pyridine rings is 2. The van der Waals surface area contributed by atoms with Crippen LogP contribution in [0.3, 0.4) is 0 Å². The predicted octanol–water partition coefficient (Wildman–Crippen LogP) is -2.33. The van der Waals surface area contributed by atoms with Crippen molar-refractivity contribution in [1.29, 1.82) is 0 Å². The van der Waals surface area contributed by atoms with Crippen molar-refractivity contribution in [2.24, 2.45) is 5.73 Å². The van der Waals surface area contributed by atoms with E-state index < -0.39 is 44.7 Å². The molecule has 16 heteroatoms. The molecule has 2 aromatic heterocycles. The summed E-state index contributed by atoms with van der Waals surface area (Å²) in [6, 6.07) is 3.88. The standard InChI is InChI=1S/C6H6N2O.C5H8NO9P3/c7-6(9)5-2-1-3-8-4-5;7-16(8,9)3-1-2-6-5(18(13,14)15)4(3)17(10,11)12/h1-4H,(H2,7,9);1-2H,(H2,7,8,9)(H2,10,11,12)(H2,13,14,15). The molecule has 0 bridgehead atoms. The van der Waals surface area contributed by atoms with Gasteiger partial charge in [-0.25, -0.2) is 4.98 Å². The zero-order chi connectivity index (χ0) is 21.0. The maximum absolute atomic E-state index is 11.1. The van der Waals surface area contributed by atoms with Crippen molar-refractivity contribution in [3.63, 3.8) is 0 Å². The Balaban J connectivity index is 0.000000337. The van der Waals surface area contributed by atoms with Crippen LogP contribution in [0.25, 0.3) is 0 Å². The number of hydrogen-bond acceptors (Lipinski definition) is 6. The van der Waals surface area contributed by atoms with Gasteiger partial charge in [0.15, 0.2) is 5.44 Å². The third kappa shape index (κ3) is 6.71. The molecule has 1 amide bonds. The van der Waals surface area contributed by atoms with Crippen LogP contribution < -0.4 is 21.8 Å². The molecular formula is C11H14N3O10P3. The summed E-state index contributed by atoms with van der Waals surface area (Å²) in [5.74, 6) is -0.442. The largest absolute Gasteiger partial charge is 0.375 e. The predicted molar refractivity (Wildman–Crippen MR) is 92.0 cm³/mol. The van der Waals surface area contributed by atoms with Gasteiger partial charge in [0.2, 0.25) is 5.91 Å². The zero-order valence-electron chi connectivity index (χ0n) is 13.1. The number of nitrogens with zero attached hydrogens (tertiary/aromatic N) is 2. The summed E-state index contributed by atoms with van der Waals surface area (Å²) in [5.41, 5.74) is 4.03. The fourth-order valence-electron chi connectivity index (χ4n) is 1.67. The molecule has 0 saturated heterocycles. The fraction of sp³-hybridized carbons (Fsp3) is 0. The Morgan fingerprint density at radius 1 is 0.889 bits per heavy atom. The molecule has 13 nitrogen and oxygen atoms in total. The van der Waals surface area contributed by atoms with Gasteiger partial charge in [0.1, 0.15) is 5.30 Å². The average Bonchev–Trinajstić information content (AvgIpc) is 2.53. The molecule has 0 spiro atoms. The monoisotopic (exact) mass is 441 g/mol. The number of aromatic nitrogens is 2. The minimum Gasteiger partial charge on any atom is -0.366 e. The Hall–Kier alpha value is -1.78. The third-order valence-corrected chi connectivity index (χ3v) is 5.99. The number of amides is 1. The van der Waals surface area contributed by atoms with Crippen LogP contribution in [-0.2, 0) is 13.7 Å². The number of nitrogens with two attached hydrogens (primary N) is 1. The number of carbonyl (C=O) groups excluding carboxylic acids is 1. The summed E-state index contributed by atoms with van der Waals surface area (Å²) >= 11 is 0. The van der Waals surface area contributed by atoms with Gasteiger partial charge < -0.3 is 35.1 Å². The van der Waals surface area contributed by atoms with Gasteiger partial charge in [-0.05, 0) is 18.2 Å². The quantitative estimate of drug-likeness (QED) is 0.247. The molecule has 0 aromatic carbocycles. The van der Waals surface area contributed by atoms with Crippen molar-refractivity contribution in [3.8, 4) is 0 Å². The molecule has 27 heavy (non-hydrogen) atoms. The molecule has 2 heterocycles. The fourth-order valence-corrected chi connectivity index (χ4v) is 5.27. The normalized spacial score (nSPS) is 12.1. The molecule has 2 rings (SSSR count). The van der Waals surface area contributed by atoms with Crippen molar-refractivity contribution in [1.82, 2.24) is 9.97 Å². The summed E-state index contributed by atoms with van der Waals surface area (Å²) in [6.45, 7) is 0. The number of hydrogen-bond donors (Lipinski definition) is 7. The third-order valence-electron chi connectivity index (χ3n) is 2.71. The first-order valence-electron chi connectivity index (χ1n) is 6.53. The van der Waals surface area contributed by atoms with Gasteiger partial charge in [0, 0.05) is 18.6 Å². The van der Waals surface area contributed by atoms with Crippen molar-refractivity contribution >= 4 is 44.7 Å². The number of primary amides is 1. The second-order valence-electron chi connectivity index (χ2n) is 4.74. The second kappa shape index (κ2) is 8.49. The maximum Gasteiger partial charge on any atom is 0.375 e. The molecule has 148 valence electrons. The second-order valence-corrected chi connectivity index (χ2v) is 9.36. The number of rotatable bonds is 4. The van der Waals surface area contributed by atoms with E-state index in [0.29, 0.717) is 17.8 Å². The molecule has 8 N–H and O–H groups in total. The summed E-state index contributed by atoms with van der Waals surface area (Å²) < 4.78 is 33.2. The van der Waals surface area contributed by atoms with E-state index in [9.17, 15) is 18.5 Å². The van der Waals surface area contributed by atoms with Crippen LogP contribution in [0.5, 0.6) is 0 Å². The van der Waals surface area contributed by atoms with Gasteiger partial charge in [0.05, 0.1) is 10.9 Å². The Kier molecular flexibility index (Phi) is 7.31. The van der Waals surface area contributed by atoms with Gasteiger partial charge in [-0.3, -0.25) is 23.5 Å². The van der Waals surface area contributed by atoms with Crippen LogP contribution in [0, 0.1) is 0 Å². The van der Waals surface area contributed by atoms with Gasteiger partial charge >= 0.3 is 22.8 Å². The summed E-state index contributed by atoms with van der Waals surface area (Å²) in [6.07, 6.45) is 3.66. The van der Waals surface area contributed by atoms with Crippen LogP contribution in [0.15, 0.2) is 36.8 Å². The van der Waals surface area contributed by atoms with Gasteiger partial charge in [-0.1, -0.05) is 0 Å². The molecule has 0 unspecified atom stereocenters. The summed E-state index contributed by atoms with van der Waals surface area (Å²) in [5, 5.41) is -2.60. The first kappa shape index (κ1) is 23.3. The van der Waals surface area contributed by atoms with Crippen molar-refractivity contribution < 1.29 is 47.9 Å². The molecular weight excluding hydrogens is 427 g/mol. The van der Waals surface area contributed by atoms with Crippen LogP contribution in [0.2, 0.25) is 0 Å². The Bertz CT molecular complexity index is 925. The molecule has 0 atom stereocenters. The lowest BCUT2D eigenvalue weighted by molar-refractivity contribution is 0.1000. The minimum atomic E-state index is -5.33. The molecule has 0 aliphatic carbocycles. The lowest BCUT2D eigenvalue weighted by Crippen LogP contribution is -2.39. The molecule has 0 fully saturated rings. The summed E-state index contributed by atoms with van der Waals surface area (Å²) in [4.78, 5) is 70.7. The van der Waals surface area contributed by atoms with E-state index in [4.69, 9.17) is 35.1 Å². The Morgan fingerprint density at radius 3 is 1.81 bits per heavy atom. The first-order chi connectivity index (χ1) is 12.2. The van der Waals surface area contributed by atoms with Crippen LogP contribution in [0.4, 0.5) is 0 Å². The highest BCUT2D eigenvalue weighted by Gasteiger charge is 2.39. The Morgan fingerprint density at radius 2 is 1.48 bits per heavy atom. The highest BCUT2D eigenvalue weighted by Crippen LogP contribution is 2.43. The van der Waals surface area contributed by atoms with E-state index in [1.165, 1.54) is 6.20 Å². The first-order valence-corrected chi connectivity index (χ1v) is 11.4. The van der Waals surface area contributed by atoms with E-state index in [1.54, 1.807) is 18.3 Å². The Labute approximate surface area is 151 Å². The van der Waals surface area contributed by atoms with E-state index in [2.05, 4.69) is 9.97 Å². The van der Waals surface area contributed by atoms with Gasteiger partial charge in [0.25, 0.3) is 0 Å². The molecule has 0 radical (unpaired) electrons.